The Labute approximate surface area is 141 Å². The zero-order valence-corrected chi connectivity index (χ0v) is 14.3. The van der Waals surface area contributed by atoms with E-state index < -0.39 is 5.91 Å². The summed E-state index contributed by atoms with van der Waals surface area (Å²) in [6.07, 6.45) is 4.76. The Morgan fingerprint density at radius 3 is 2.75 bits per heavy atom. The van der Waals surface area contributed by atoms with Gasteiger partial charge >= 0.3 is 0 Å². The van der Waals surface area contributed by atoms with E-state index in [2.05, 4.69) is 6.92 Å². The maximum Gasteiger partial charge on any atom is 0.250 e. The Balaban J connectivity index is 1.90. The van der Waals surface area contributed by atoms with Gasteiger partial charge in [-0.1, -0.05) is 0 Å². The van der Waals surface area contributed by atoms with Crippen LogP contribution in [0.4, 0.5) is 0 Å². The lowest BCUT2D eigenvalue weighted by atomic mass is 9.84. The number of carbonyl (C=O) groups excluding carboxylic acids is 1. The number of rotatable bonds is 4. The van der Waals surface area contributed by atoms with Gasteiger partial charge in [-0.25, -0.2) is 4.98 Å². The lowest BCUT2D eigenvalue weighted by Crippen LogP contribution is -2.28. The molecule has 24 heavy (non-hydrogen) atoms. The largest absolute Gasteiger partial charge is 0.475 e. The maximum absolute atomic E-state index is 11.5. The Kier molecular flexibility index (Phi) is 3.19. The molecule has 1 aliphatic heterocycles. The fraction of sp³-hybridized carbons (Fsp3) is 0.556. The maximum atomic E-state index is 11.5. The van der Waals surface area contributed by atoms with Crippen LogP contribution in [0.2, 0.25) is 0 Å². The van der Waals surface area contributed by atoms with Crippen LogP contribution in [0, 0.1) is 0 Å². The third kappa shape index (κ3) is 2.20. The summed E-state index contributed by atoms with van der Waals surface area (Å²) >= 11 is 0. The number of aromatic nitrogens is 2. The summed E-state index contributed by atoms with van der Waals surface area (Å²) in [6, 6.07) is 3.52. The van der Waals surface area contributed by atoms with Crippen molar-refractivity contribution in [1.29, 1.82) is 0 Å². The minimum Gasteiger partial charge on any atom is -0.475 e. The minimum absolute atomic E-state index is 0.00684. The van der Waals surface area contributed by atoms with E-state index in [0.717, 1.165) is 30.6 Å². The first kappa shape index (κ1) is 15.4. The molecule has 4 rings (SSSR count). The smallest absolute Gasteiger partial charge is 0.250 e. The number of pyridine rings is 1. The Morgan fingerprint density at radius 2 is 2.21 bits per heavy atom. The van der Waals surface area contributed by atoms with E-state index in [1.165, 1.54) is 0 Å². The average Bonchev–Trinajstić information content (AvgIpc) is 3.16. The average molecular weight is 329 g/mol. The second-order valence-electron chi connectivity index (χ2n) is 7.64. The molecule has 0 unspecified atom stereocenters. The van der Waals surface area contributed by atoms with Crippen LogP contribution >= 0.6 is 0 Å². The Morgan fingerprint density at radius 1 is 1.42 bits per heavy atom. The molecule has 2 aromatic heterocycles. The van der Waals surface area contributed by atoms with Crippen molar-refractivity contribution in [2.75, 3.05) is 6.61 Å². The molecule has 1 aliphatic carbocycles. The van der Waals surface area contributed by atoms with Gasteiger partial charge in [-0.3, -0.25) is 9.20 Å². The number of amides is 1. The van der Waals surface area contributed by atoms with E-state index in [-0.39, 0.29) is 17.1 Å². The highest BCUT2D eigenvalue weighted by Gasteiger charge is 2.56. The molecule has 2 fully saturated rings. The highest BCUT2D eigenvalue weighted by atomic mass is 16.5. The van der Waals surface area contributed by atoms with Crippen molar-refractivity contribution >= 4 is 11.6 Å². The summed E-state index contributed by atoms with van der Waals surface area (Å²) in [5, 5.41) is 0. The lowest BCUT2D eigenvalue weighted by molar-refractivity contribution is -0.00659. The molecular weight excluding hydrogens is 306 g/mol. The van der Waals surface area contributed by atoms with Crippen molar-refractivity contribution in [3.8, 4) is 5.88 Å². The number of hydrogen-bond donors (Lipinski definition) is 1. The molecule has 6 heteroatoms. The number of fused-ring (bicyclic) bond motifs is 3. The number of primary amides is 1. The highest BCUT2D eigenvalue weighted by molar-refractivity contribution is 5.92. The fourth-order valence-electron chi connectivity index (χ4n) is 4.08. The van der Waals surface area contributed by atoms with E-state index in [4.69, 9.17) is 20.2 Å². The number of carbonyl (C=O) groups is 1. The van der Waals surface area contributed by atoms with E-state index in [0.29, 0.717) is 18.1 Å². The van der Waals surface area contributed by atoms with Gasteiger partial charge in [0.25, 0.3) is 0 Å². The summed E-state index contributed by atoms with van der Waals surface area (Å²) < 4.78 is 14.0. The summed E-state index contributed by atoms with van der Waals surface area (Å²) in [5.41, 5.74) is 7.43. The summed E-state index contributed by atoms with van der Waals surface area (Å²) in [4.78, 5) is 16.4. The molecule has 2 bridgehead atoms. The summed E-state index contributed by atoms with van der Waals surface area (Å²) in [7, 11) is 0. The highest BCUT2D eigenvalue weighted by Crippen LogP contribution is 2.55. The second kappa shape index (κ2) is 4.96. The molecule has 0 radical (unpaired) electrons. The zero-order chi connectivity index (χ0) is 17.1. The molecule has 1 saturated carbocycles. The Bertz CT molecular complexity index is 816. The van der Waals surface area contributed by atoms with Gasteiger partial charge in [0.1, 0.15) is 11.3 Å². The van der Waals surface area contributed by atoms with Crippen molar-refractivity contribution in [1.82, 2.24) is 9.38 Å². The molecular formula is C18H23N3O3. The number of nitrogens with two attached hydrogens (primary N) is 1. The predicted molar refractivity (Wildman–Crippen MR) is 89.4 cm³/mol. The SMILES string of the molecule is CC(C)Oc1c([C@]23CC[C@](C)(C2)OC3)nc2ccc(C(N)=O)cn12. The molecule has 0 aromatic carbocycles. The van der Waals surface area contributed by atoms with Crippen molar-refractivity contribution in [2.24, 2.45) is 5.73 Å². The normalized spacial score (nSPS) is 28.8. The van der Waals surface area contributed by atoms with Gasteiger partial charge in [0, 0.05) is 11.6 Å². The first-order chi connectivity index (χ1) is 11.3. The van der Waals surface area contributed by atoms with Crippen molar-refractivity contribution < 1.29 is 14.3 Å². The Hall–Kier alpha value is -2.08. The standard InChI is InChI=1S/C18H23N3O3/c1-11(2)24-16-14(18-7-6-17(3,9-18)23-10-18)20-13-5-4-12(15(19)22)8-21(13)16/h4-5,8,11H,6-7,9-10H2,1-3H3,(H2,19,22)/t17-,18-/m1/s1. The van der Waals surface area contributed by atoms with Crippen LogP contribution in [0.15, 0.2) is 18.3 Å². The van der Waals surface area contributed by atoms with Gasteiger partial charge in [-0.2, -0.15) is 0 Å². The summed E-state index contributed by atoms with van der Waals surface area (Å²) in [6.45, 7) is 6.82. The van der Waals surface area contributed by atoms with Crippen LogP contribution in [0.25, 0.3) is 5.65 Å². The monoisotopic (exact) mass is 329 g/mol. The predicted octanol–water partition coefficient (Wildman–Crippen LogP) is 2.43. The second-order valence-corrected chi connectivity index (χ2v) is 7.64. The van der Waals surface area contributed by atoms with E-state index in [1.807, 2.05) is 24.3 Å². The van der Waals surface area contributed by atoms with Gasteiger partial charge < -0.3 is 15.2 Å². The number of imidazole rings is 1. The molecule has 128 valence electrons. The van der Waals surface area contributed by atoms with Crippen LogP contribution < -0.4 is 10.5 Å². The lowest BCUT2D eigenvalue weighted by Gasteiger charge is -2.26. The van der Waals surface area contributed by atoms with Crippen molar-refractivity contribution in [3.05, 3.63) is 29.6 Å². The summed E-state index contributed by atoms with van der Waals surface area (Å²) in [5.74, 6) is 0.247. The molecule has 2 N–H and O–H groups in total. The third-order valence-corrected chi connectivity index (χ3v) is 5.25. The van der Waals surface area contributed by atoms with Crippen LogP contribution in [-0.2, 0) is 10.2 Å². The topological polar surface area (TPSA) is 78.8 Å². The quantitative estimate of drug-likeness (QED) is 0.934. The van der Waals surface area contributed by atoms with E-state index >= 15 is 0 Å². The van der Waals surface area contributed by atoms with E-state index in [9.17, 15) is 4.79 Å². The molecule has 2 aromatic rings. The van der Waals surface area contributed by atoms with Gasteiger partial charge in [0.05, 0.1) is 23.9 Å². The number of hydrogen-bond acceptors (Lipinski definition) is 4. The first-order valence-corrected chi connectivity index (χ1v) is 8.45. The molecule has 3 heterocycles. The molecule has 6 nitrogen and oxygen atoms in total. The van der Waals surface area contributed by atoms with Gasteiger partial charge in [-0.05, 0) is 52.2 Å². The van der Waals surface area contributed by atoms with Crippen LogP contribution in [0.1, 0.15) is 56.1 Å². The number of nitrogens with zero attached hydrogens (tertiary/aromatic N) is 2. The molecule has 0 spiro atoms. The molecule has 2 aliphatic rings. The zero-order valence-electron chi connectivity index (χ0n) is 14.3. The minimum atomic E-state index is -0.460. The van der Waals surface area contributed by atoms with Crippen LogP contribution in [-0.4, -0.2) is 33.6 Å². The van der Waals surface area contributed by atoms with Crippen LogP contribution in [0.5, 0.6) is 5.88 Å². The molecule has 1 amide bonds. The van der Waals surface area contributed by atoms with Gasteiger partial charge in [-0.15, -0.1) is 0 Å². The third-order valence-electron chi connectivity index (χ3n) is 5.25. The van der Waals surface area contributed by atoms with E-state index in [1.54, 1.807) is 12.3 Å². The van der Waals surface area contributed by atoms with Crippen molar-refractivity contribution in [2.45, 2.75) is 57.2 Å². The van der Waals surface area contributed by atoms with Gasteiger partial charge in [0.15, 0.2) is 0 Å². The molecule has 1 saturated heterocycles. The van der Waals surface area contributed by atoms with Crippen LogP contribution in [0.3, 0.4) is 0 Å². The number of ether oxygens (including phenoxy) is 2. The first-order valence-electron chi connectivity index (χ1n) is 8.45. The molecule has 2 atom stereocenters. The van der Waals surface area contributed by atoms with Crippen molar-refractivity contribution in [3.63, 3.8) is 0 Å². The fourth-order valence-corrected chi connectivity index (χ4v) is 4.08. The van der Waals surface area contributed by atoms with Gasteiger partial charge in [0.2, 0.25) is 11.8 Å².